The number of hydrogen-bond acceptors (Lipinski definition) is 4. The molecule has 4 nitrogen and oxygen atoms in total. The first-order valence-electron chi connectivity index (χ1n) is 4.52. The highest BCUT2D eigenvalue weighted by Crippen LogP contribution is 2.34. The molecule has 0 aliphatic carbocycles. The van der Waals surface area contributed by atoms with Crippen LogP contribution in [0.2, 0.25) is 5.02 Å². The zero-order valence-corrected chi connectivity index (χ0v) is 12.2. The third-order valence-electron chi connectivity index (χ3n) is 1.76. The third-order valence-corrected chi connectivity index (χ3v) is 6.17. The van der Waals surface area contributed by atoms with Crippen LogP contribution in [0, 0.1) is 0 Å². The lowest BCUT2D eigenvalue weighted by molar-refractivity contribution is 0.285. The Kier molecular flexibility index (Phi) is 5.69. The second-order valence-corrected chi connectivity index (χ2v) is 7.79. The van der Waals surface area contributed by atoms with Gasteiger partial charge in [0.15, 0.2) is 0 Å². The molecule has 0 radical (unpaired) electrons. The van der Waals surface area contributed by atoms with Gasteiger partial charge >= 0.3 is 0 Å². The molecule has 0 unspecified atom stereocenters. The SMILES string of the molecule is O=S(=O)(NCCCCO)c1cc(Cl)c(Br)s1. The summed E-state index contributed by atoms with van der Waals surface area (Å²) in [7, 11) is -3.47. The van der Waals surface area contributed by atoms with Gasteiger partial charge in [-0.1, -0.05) is 11.6 Å². The molecule has 2 N–H and O–H groups in total. The molecule has 16 heavy (non-hydrogen) atoms. The predicted octanol–water partition coefficient (Wildman–Crippen LogP) is 2.21. The van der Waals surface area contributed by atoms with Crippen LogP contribution in [0.5, 0.6) is 0 Å². The molecule has 0 atom stereocenters. The molecule has 1 heterocycles. The van der Waals surface area contributed by atoms with Gasteiger partial charge in [-0.15, -0.1) is 11.3 Å². The van der Waals surface area contributed by atoms with Gasteiger partial charge in [-0.3, -0.25) is 0 Å². The van der Waals surface area contributed by atoms with E-state index in [2.05, 4.69) is 20.7 Å². The molecule has 0 saturated heterocycles. The number of nitrogens with one attached hydrogen (secondary N) is 1. The van der Waals surface area contributed by atoms with Gasteiger partial charge in [0, 0.05) is 13.2 Å². The first kappa shape index (κ1) is 14.4. The van der Waals surface area contributed by atoms with Crippen LogP contribution in [-0.4, -0.2) is 26.7 Å². The minimum Gasteiger partial charge on any atom is -0.396 e. The normalized spacial score (nSPS) is 11.9. The Morgan fingerprint density at radius 1 is 1.50 bits per heavy atom. The molecule has 0 aliphatic heterocycles. The van der Waals surface area contributed by atoms with Gasteiger partial charge in [-0.2, -0.15) is 0 Å². The van der Waals surface area contributed by atoms with Crippen LogP contribution in [-0.2, 0) is 10.0 Å². The van der Waals surface area contributed by atoms with Crippen molar-refractivity contribution in [1.29, 1.82) is 0 Å². The fraction of sp³-hybridized carbons (Fsp3) is 0.500. The van der Waals surface area contributed by atoms with Gasteiger partial charge in [-0.05, 0) is 34.8 Å². The second-order valence-electron chi connectivity index (χ2n) is 3.02. The van der Waals surface area contributed by atoms with Crippen LogP contribution in [0.25, 0.3) is 0 Å². The zero-order chi connectivity index (χ0) is 12.2. The molecule has 1 aromatic rings. The Hall–Kier alpha value is 0.340. The van der Waals surface area contributed by atoms with Gasteiger partial charge in [0.05, 0.1) is 8.81 Å². The lowest BCUT2D eigenvalue weighted by atomic mass is 10.3. The smallest absolute Gasteiger partial charge is 0.250 e. The molecule has 0 aliphatic rings. The molecule has 0 bridgehead atoms. The molecule has 0 amide bonds. The number of aliphatic hydroxyl groups excluding tert-OH is 1. The summed E-state index contributed by atoms with van der Waals surface area (Å²) in [5, 5.41) is 8.94. The molecule has 92 valence electrons. The molecule has 1 aromatic heterocycles. The minimum atomic E-state index is -3.47. The maximum atomic E-state index is 11.7. The van der Waals surface area contributed by atoms with Crippen molar-refractivity contribution in [2.75, 3.05) is 13.2 Å². The highest BCUT2D eigenvalue weighted by atomic mass is 79.9. The Balaban J connectivity index is 2.64. The second kappa shape index (κ2) is 6.32. The van der Waals surface area contributed by atoms with E-state index in [0.717, 1.165) is 11.3 Å². The molecule has 0 saturated carbocycles. The summed E-state index contributed by atoms with van der Waals surface area (Å²) in [5.74, 6) is 0. The lowest BCUT2D eigenvalue weighted by Gasteiger charge is -2.03. The van der Waals surface area contributed by atoms with E-state index in [-0.39, 0.29) is 10.8 Å². The van der Waals surface area contributed by atoms with Crippen molar-refractivity contribution in [3.8, 4) is 0 Å². The Labute approximate surface area is 112 Å². The quantitative estimate of drug-likeness (QED) is 0.775. The number of sulfonamides is 1. The summed E-state index contributed by atoms with van der Waals surface area (Å²) in [6.45, 7) is 0.383. The Bertz CT molecular complexity index is 427. The summed E-state index contributed by atoms with van der Waals surface area (Å²) >= 11 is 9.99. The molecule has 1 rings (SSSR count). The molecule has 0 spiro atoms. The maximum Gasteiger partial charge on any atom is 0.250 e. The van der Waals surface area contributed by atoms with Crippen LogP contribution in [0.3, 0.4) is 0 Å². The predicted molar refractivity (Wildman–Crippen MR) is 68.5 cm³/mol. The van der Waals surface area contributed by atoms with Crippen molar-refractivity contribution in [3.63, 3.8) is 0 Å². The lowest BCUT2D eigenvalue weighted by Crippen LogP contribution is -2.24. The number of thiophene rings is 1. The van der Waals surface area contributed by atoms with Crippen LogP contribution in [0.1, 0.15) is 12.8 Å². The molecule has 0 aromatic carbocycles. The van der Waals surface area contributed by atoms with Crippen molar-refractivity contribution in [3.05, 3.63) is 14.9 Å². The third kappa shape index (κ3) is 3.97. The number of halogens is 2. The average molecular weight is 349 g/mol. The fourth-order valence-electron chi connectivity index (χ4n) is 0.974. The topological polar surface area (TPSA) is 66.4 Å². The molecule has 8 heteroatoms. The summed E-state index contributed by atoms with van der Waals surface area (Å²) in [6.07, 6.45) is 1.19. The van der Waals surface area contributed by atoms with Crippen LogP contribution in [0.4, 0.5) is 0 Å². The van der Waals surface area contributed by atoms with Crippen molar-refractivity contribution in [2.24, 2.45) is 0 Å². The van der Waals surface area contributed by atoms with E-state index in [4.69, 9.17) is 16.7 Å². The summed E-state index contributed by atoms with van der Waals surface area (Å²) in [5.41, 5.74) is 0. The van der Waals surface area contributed by atoms with E-state index in [1.807, 2.05) is 0 Å². The van der Waals surface area contributed by atoms with Crippen molar-refractivity contribution in [1.82, 2.24) is 4.72 Å². The highest BCUT2D eigenvalue weighted by Gasteiger charge is 2.18. The first-order valence-corrected chi connectivity index (χ1v) is 8.00. The minimum absolute atomic E-state index is 0.0676. The van der Waals surface area contributed by atoms with Gasteiger partial charge < -0.3 is 5.11 Å². The van der Waals surface area contributed by atoms with E-state index >= 15 is 0 Å². The highest BCUT2D eigenvalue weighted by molar-refractivity contribution is 9.11. The molecular formula is C8H11BrClNO3S2. The summed E-state index contributed by atoms with van der Waals surface area (Å²) < 4.78 is 26.7. The van der Waals surface area contributed by atoms with Crippen LogP contribution < -0.4 is 4.72 Å². The van der Waals surface area contributed by atoms with Gasteiger partial charge in [0.1, 0.15) is 4.21 Å². The van der Waals surface area contributed by atoms with Gasteiger partial charge in [-0.25, -0.2) is 13.1 Å². The number of unbranched alkanes of at least 4 members (excludes halogenated alkanes) is 1. The van der Waals surface area contributed by atoms with Crippen LogP contribution >= 0.6 is 38.9 Å². The standard InChI is InChI=1S/C8H11BrClNO3S2/c9-8-6(10)5-7(15-8)16(13,14)11-3-1-2-4-12/h5,11-12H,1-4H2. The Morgan fingerprint density at radius 2 is 2.19 bits per heavy atom. The van der Waals surface area contributed by atoms with E-state index in [1.165, 1.54) is 6.07 Å². The zero-order valence-electron chi connectivity index (χ0n) is 8.24. The van der Waals surface area contributed by atoms with Crippen molar-refractivity contribution >= 4 is 48.9 Å². The van der Waals surface area contributed by atoms with Gasteiger partial charge in [0.25, 0.3) is 0 Å². The monoisotopic (exact) mass is 347 g/mol. The van der Waals surface area contributed by atoms with Crippen molar-refractivity contribution < 1.29 is 13.5 Å². The fourth-order valence-corrected chi connectivity index (χ4v) is 4.49. The van der Waals surface area contributed by atoms with E-state index < -0.39 is 10.0 Å². The van der Waals surface area contributed by atoms with Crippen molar-refractivity contribution in [2.45, 2.75) is 17.1 Å². The van der Waals surface area contributed by atoms with E-state index in [9.17, 15) is 8.42 Å². The Morgan fingerprint density at radius 3 is 2.69 bits per heavy atom. The summed E-state index contributed by atoms with van der Waals surface area (Å²) in [4.78, 5) is 0. The first-order chi connectivity index (χ1) is 7.47. The maximum absolute atomic E-state index is 11.7. The summed E-state index contributed by atoms with van der Waals surface area (Å²) in [6, 6.07) is 1.41. The van der Waals surface area contributed by atoms with Gasteiger partial charge in [0.2, 0.25) is 10.0 Å². The number of aliphatic hydroxyl groups is 1. The number of hydrogen-bond donors (Lipinski definition) is 2. The van der Waals surface area contributed by atoms with E-state index in [1.54, 1.807) is 0 Å². The molecular weight excluding hydrogens is 338 g/mol. The largest absolute Gasteiger partial charge is 0.396 e. The van der Waals surface area contributed by atoms with Crippen LogP contribution in [0.15, 0.2) is 14.1 Å². The number of rotatable bonds is 6. The average Bonchev–Trinajstić information content (AvgIpc) is 2.55. The molecule has 0 fully saturated rings. The van der Waals surface area contributed by atoms with E-state index in [0.29, 0.717) is 28.2 Å².